The molecule has 1 aromatic carbocycles. The highest BCUT2D eigenvalue weighted by Crippen LogP contribution is 2.25. The first-order valence-corrected chi connectivity index (χ1v) is 5.73. The fourth-order valence-corrected chi connectivity index (χ4v) is 1.94. The average molecular weight is 248 g/mol. The van der Waals surface area contributed by atoms with Gasteiger partial charge in [-0.2, -0.15) is 0 Å². The van der Waals surface area contributed by atoms with Crippen molar-refractivity contribution in [2.45, 2.75) is 5.92 Å². The molecule has 4 heteroatoms. The molecule has 1 heterocycles. The molecule has 0 aliphatic carbocycles. The van der Waals surface area contributed by atoms with E-state index in [0.717, 1.165) is 11.8 Å². The second-order valence-corrected chi connectivity index (χ2v) is 4.03. The van der Waals surface area contributed by atoms with Crippen molar-refractivity contribution in [1.82, 2.24) is 10.3 Å². The molecule has 2 aromatic rings. The molecule has 0 spiro atoms. The van der Waals surface area contributed by atoms with Crippen LogP contribution in [0.25, 0.3) is 0 Å². The summed E-state index contributed by atoms with van der Waals surface area (Å²) in [5.74, 6) is -1.34. The Morgan fingerprint density at radius 3 is 2.67 bits per heavy atom. The van der Waals surface area contributed by atoms with Crippen molar-refractivity contribution in [3.63, 3.8) is 0 Å². The van der Waals surface area contributed by atoms with Gasteiger partial charge in [0, 0.05) is 30.4 Å². The van der Waals surface area contributed by atoms with Gasteiger partial charge in [0.15, 0.2) is 0 Å². The summed E-state index contributed by atoms with van der Waals surface area (Å²) in [6.45, 7) is 0.541. The van der Waals surface area contributed by atoms with Crippen molar-refractivity contribution in [1.29, 1.82) is 0 Å². The van der Waals surface area contributed by atoms with E-state index in [1.54, 1.807) is 19.3 Å². The fourth-order valence-electron chi connectivity index (χ4n) is 1.94. The average Bonchev–Trinajstić information content (AvgIpc) is 2.38. The summed E-state index contributed by atoms with van der Waals surface area (Å²) in [7, 11) is 1.79. The minimum atomic E-state index is -0.569. The van der Waals surface area contributed by atoms with E-state index in [-0.39, 0.29) is 5.92 Å². The van der Waals surface area contributed by atoms with Gasteiger partial charge in [-0.3, -0.25) is 4.98 Å². The Kier molecular flexibility index (Phi) is 3.99. The SMILES string of the molecule is CNCC(c1ccccn1)c1ccc(F)cc1F. The smallest absolute Gasteiger partial charge is 0.130 e. The van der Waals surface area contributed by atoms with Crippen LogP contribution in [0.1, 0.15) is 17.2 Å². The second kappa shape index (κ2) is 5.69. The van der Waals surface area contributed by atoms with Gasteiger partial charge in [0.25, 0.3) is 0 Å². The summed E-state index contributed by atoms with van der Waals surface area (Å²) >= 11 is 0. The molecule has 0 saturated carbocycles. The number of likely N-dealkylation sites (N-methyl/N-ethyl adjacent to an activating group) is 1. The summed E-state index contributed by atoms with van der Waals surface area (Å²) in [6, 6.07) is 9.14. The number of rotatable bonds is 4. The normalized spacial score (nSPS) is 12.4. The summed E-state index contributed by atoms with van der Waals surface area (Å²) < 4.78 is 26.7. The van der Waals surface area contributed by atoms with Crippen LogP contribution in [0.2, 0.25) is 0 Å². The first kappa shape index (κ1) is 12.6. The summed E-state index contributed by atoms with van der Waals surface area (Å²) in [5, 5.41) is 3.01. The standard InChI is InChI=1S/C14H14F2N2/c1-17-9-12(14-4-2-3-7-18-14)11-6-5-10(15)8-13(11)16/h2-8,12,17H,9H2,1H3. The highest BCUT2D eigenvalue weighted by Gasteiger charge is 2.18. The molecule has 94 valence electrons. The minimum Gasteiger partial charge on any atom is -0.319 e. The molecule has 0 aliphatic heterocycles. The molecule has 0 fully saturated rings. The van der Waals surface area contributed by atoms with Crippen LogP contribution in [0.5, 0.6) is 0 Å². The van der Waals surface area contributed by atoms with Gasteiger partial charge in [-0.05, 0) is 30.8 Å². The zero-order valence-electron chi connectivity index (χ0n) is 10.0. The van der Waals surface area contributed by atoms with Crippen molar-refractivity contribution in [3.8, 4) is 0 Å². The van der Waals surface area contributed by atoms with Crippen molar-refractivity contribution in [2.24, 2.45) is 0 Å². The molecule has 0 radical (unpaired) electrons. The molecule has 0 aliphatic rings. The molecular weight excluding hydrogens is 234 g/mol. The summed E-state index contributed by atoms with van der Waals surface area (Å²) in [5.41, 5.74) is 1.21. The van der Waals surface area contributed by atoms with Crippen LogP contribution >= 0.6 is 0 Å². The zero-order chi connectivity index (χ0) is 13.0. The number of hydrogen-bond donors (Lipinski definition) is 1. The van der Waals surface area contributed by atoms with E-state index >= 15 is 0 Å². The maximum atomic E-state index is 13.8. The topological polar surface area (TPSA) is 24.9 Å². The number of nitrogens with one attached hydrogen (secondary N) is 1. The summed E-state index contributed by atoms with van der Waals surface area (Å²) in [6.07, 6.45) is 1.67. The van der Waals surface area contributed by atoms with Crippen LogP contribution in [0.4, 0.5) is 8.78 Å². The lowest BCUT2D eigenvalue weighted by Gasteiger charge is -2.17. The van der Waals surface area contributed by atoms with Crippen molar-refractivity contribution >= 4 is 0 Å². The van der Waals surface area contributed by atoms with Crippen LogP contribution in [0, 0.1) is 11.6 Å². The number of benzene rings is 1. The van der Waals surface area contributed by atoms with Gasteiger partial charge in [0.1, 0.15) is 11.6 Å². The molecule has 1 aromatic heterocycles. The van der Waals surface area contributed by atoms with Gasteiger partial charge in [-0.1, -0.05) is 12.1 Å². The Morgan fingerprint density at radius 2 is 2.06 bits per heavy atom. The third kappa shape index (κ3) is 2.71. The Hall–Kier alpha value is -1.81. The Balaban J connectivity index is 2.41. The maximum absolute atomic E-state index is 13.8. The van der Waals surface area contributed by atoms with E-state index in [4.69, 9.17) is 0 Å². The Labute approximate surface area is 105 Å². The lowest BCUT2D eigenvalue weighted by Crippen LogP contribution is -2.20. The van der Waals surface area contributed by atoms with Crippen LogP contribution in [-0.2, 0) is 0 Å². The van der Waals surface area contributed by atoms with Gasteiger partial charge in [0.05, 0.1) is 0 Å². The van der Waals surface area contributed by atoms with E-state index in [9.17, 15) is 8.78 Å². The van der Waals surface area contributed by atoms with Gasteiger partial charge in [0.2, 0.25) is 0 Å². The summed E-state index contributed by atoms with van der Waals surface area (Å²) in [4.78, 5) is 4.24. The molecule has 1 N–H and O–H groups in total. The number of pyridine rings is 1. The lowest BCUT2D eigenvalue weighted by molar-refractivity contribution is 0.556. The highest BCUT2D eigenvalue weighted by atomic mass is 19.1. The molecule has 18 heavy (non-hydrogen) atoms. The monoisotopic (exact) mass is 248 g/mol. The molecule has 2 nitrogen and oxygen atoms in total. The zero-order valence-corrected chi connectivity index (χ0v) is 10.0. The van der Waals surface area contributed by atoms with Gasteiger partial charge in [-0.25, -0.2) is 8.78 Å². The number of nitrogens with zero attached hydrogens (tertiary/aromatic N) is 1. The van der Waals surface area contributed by atoms with Gasteiger partial charge in [-0.15, -0.1) is 0 Å². The van der Waals surface area contributed by atoms with Crippen LogP contribution in [0.15, 0.2) is 42.6 Å². The van der Waals surface area contributed by atoms with E-state index < -0.39 is 11.6 Å². The molecule has 0 amide bonds. The third-order valence-electron chi connectivity index (χ3n) is 2.79. The second-order valence-electron chi connectivity index (χ2n) is 4.03. The van der Waals surface area contributed by atoms with Crippen molar-refractivity contribution < 1.29 is 8.78 Å². The lowest BCUT2D eigenvalue weighted by atomic mass is 9.94. The van der Waals surface area contributed by atoms with E-state index in [2.05, 4.69) is 10.3 Å². The highest BCUT2D eigenvalue weighted by molar-refractivity contribution is 5.30. The third-order valence-corrected chi connectivity index (χ3v) is 2.79. The number of halogens is 2. The molecule has 0 bridgehead atoms. The maximum Gasteiger partial charge on any atom is 0.130 e. The van der Waals surface area contributed by atoms with Crippen LogP contribution in [-0.4, -0.2) is 18.6 Å². The first-order valence-electron chi connectivity index (χ1n) is 5.73. The minimum absolute atomic E-state index is 0.225. The fraction of sp³-hybridized carbons (Fsp3) is 0.214. The van der Waals surface area contributed by atoms with Crippen molar-refractivity contribution in [3.05, 3.63) is 65.5 Å². The number of aromatic nitrogens is 1. The molecule has 2 rings (SSSR count). The molecule has 0 saturated heterocycles. The predicted molar refractivity (Wildman–Crippen MR) is 66.4 cm³/mol. The van der Waals surface area contributed by atoms with Gasteiger partial charge < -0.3 is 5.32 Å². The number of hydrogen-bond acceptors (Lipinski definition) is 2. The quantitative estimate of drug-likeness (QED) is 0.899. The van der Waals surface area contributed by atoms with Crippen LogP contribution < -0.4 is 5.32 Å². The van der Waals surface area contributed by atoms with Crippen LogP contribution in [0.3, 0.4) is 0 Å². The van der Waals surface area contributed by atoms with E-state index in [1.165, 1.54) is 12.1 Å². The molecular formula is C14H14F2N2. The van der Waals surface area contributed by atoms with Gasteiger partial charge >= 0.3 is 0 Å². The molecule has 1 atom stereocenters. The predicted octanol–water partition coefficient (Wildman–Crippen LogP) is 2.71. The Morgan fingerprint density at radius 1 is 1.22 bits per heavy atom. The molecule has 1 unspecified atom stereocenters. The van der Waals surface area contributed by atoms with Crippen molar-refractivity contribution in [2.75, 3.05) is 13.6 Å². The van der Waals surface area contributed by atoms with E-state index in [1.807, 2.05) is 12.1 Å². The first-order chi connectivity index (χ1) is 8.72. The Bertz CT molecular complexity index is 514. The van der Waals surface area contributed by atoms with E-state index in [0.29, 0.717) is 12.1 Å². The largest absolute Gasteiger partial charge is 0.319 e.